The lowest BCUT2D eigenvalue weighted by Gasteiger charge is -2.30. The molecular formula is C13H25N3O5S. The van der Waals surface area contributed by atoms with E-state index in [0.717, 1.165) is 0 Å². The highest BCUT2D eigenvalue weighted by Crippen LogP contribution is 2.16. The molecule has 9 heteroatoms. The SMILES string of the molecule is CCS(=O)(=O)N(C)CCCNC(=O)N1CCCC(C(=O)O)C1. The van der Waals surface area contributed by atoms with Crippen LogP contribution in [0.15, 0.2) is 0 Å². The zero-order chi connectivity index (χ0) is 16.8. The molecule has 1 aliphatic rings. The number of aliphatic carboxylic acids is 1. The summed E-state index contributed by atoms with van der Waals surface area (Å²) in [5.74, 6) is -1.32. The van der Waals surface area contributed by atoms with E-state index in [1.165, 1.54) is 16.3 Å². The Hall–Kier alpha value is -1.35. The van der Waals surface area contributed by atoms with Gasteiger partial charge >= 0.3 is 12.0 Å². The maximum atomic E-state index is 12.0. The van der Waals surface area contributed by atoms with Gasteiger partial charge in [-0.2, -0.15) is 0 Å². The second-order valence-corrected chi connectivity index (χ2v) is 7.80. The smallest absolute Gasteiger partial charge is 0.317 e. The Morgan fingerprint density at radius 3 is 2.68 bits per heavy atom. The highest BCUT2D eigenvalue weighted by Gasteiger charge is 2.27. The van der Waals surface area contributed by atoms with Crippen LogP contribution in [0.2, 0.25) is 0 Å². The van der Waals surface area contributed by atoms with Gasteiger partial charge in [-0.25, -0.2) is 17.5 Å². The van der Waals surface area contributed by atoms with E-state index in [9.17, 15) is 18.0 Å². The van der Waals surface area contributed by atoms with Crippen molar-refractivity contribution in [3.05, 3.63) is 0 Å². The molecule has 1 aliphatic heterocycles. The number of hydrogen-bond acceptors (Lipinski definition) is 4. The number of nitrogens with one attached hydrogen (secondary N) is 1. The average molecular weight is 335 g/mol. The summed E-state index contributed by atoms with van der Waals surface area (Å²) >= 11 is 0. The van der Waals surface area contributed by atoms with Crippen molar-refractivity contribution >= 4 is 22.0 Å². The number of carboxylic acids is 1. The van der Waals surface area contributed by atoms with Crippen LogP contribution in [-0.4, -0.2) is 73.7 Å². The third kappa shape index (κ3) is 5.45. The summed E-state index contributed by atoms with van der Waals surface area (Å²) in [4.78, 5) is 24.4. The van der Waals surface area contributed by atoms with Crippen LogP contribution in [0.3, 0.4) is 0 Å². The summed E-state index contributed by atoms with van der Waals surface area (Å²) in [6.45, 7) is 3.07. The standard InChI is InChI=1S/C13H25N3O5S/c1-3-22(20,21)15(2)8-5-7-14-13(19)16-9-4-6-11(10-16)12(17)18/h11H,3-10H2,1-2H3,(H,14,19)(H,17,18). The lowest BCUT2D eigenvalue weighted by molar-refractivity contribution is -0.143. The molecule has 0 saturated carbocycles. The van der Waals surface area contributed by atoms with E-state index in [0.29, 0.717) is 38.9 Å². The Morgan fingerprint density at radius 2 is 2.09 bits per heavy atom. The van der Waals surface area contributed by atoms with Crippen molar-refractivity contribution in [1.29, 1.82) is 0 Å². The summed E-state index contributed by atoms with van der Waals surface area (Å²) in [5, 5.41) is 11.7. The highest BCUT2D eigenvalue weighted by atomic mass is 32.2. The molecule has 1 saturated heterocycles. The second-order valence-electron chi connectivity index (χ2n) is 5.43. The molecular weight excluding hydrogens is 310 g/mol. The lowest BCUT2D eigenvalue weighted by atomic mass is 9.99. The van der Waals surface area contributed by atoms with Crippen LogP contribution in [0, 0.1) is 5.92 Å². The first-order valence-corrected chi connectivity index (χ1v) is 9.08. The number of piperidine rings is 1. The maximum Gasteiger partial charge on any atom is 0.317 e. The lowest BCUT2D eigenvalue weighted by Crippen LogP contribution is -2.47. The summed E-state index contributed by atoms with van der Waals surface area (Å²) in [7, 11) is -1.67. The van der Waals surface area contributed by atoms with Gasteiger partial charge in [-0.15, -0.1) is 0 Å². The number of carbonyl (C=O) groups is 2. The van der Waals surface area contributed by atoms with Crippen LogP contribution in [0.5, 0.6) is 0 Å². The molecule has 0 radical (unpaired) electrons. The number of carbonyl (C=O) groups excluding carboxylic acids is 1. The Bertz CT molecular complexity index is 494. The molecule has 1 heterocycles. The van der Waals surface area contributed by atoms with E-state index >= 15 is 0 Å². The Kier molecular flexibility index (Phi) is 7.08. The molecule has 0 bridgehead atoms. The van der Waals surface area contributed by atoms with Gasteiger partial charge in [0.1, 0.15) is 0 Å². The summed E-state index contributed by atoms with van der Waals surface area (Å²) in [5.41, 5.74) is 0. The number of sulfonamides is 1. The highest BCUT2D eigenvalue weighted by molar-refractivity contribution is 7.89. The van der Waals surface area contributed by atoms with E-state index < -0.39 is 21.9 Å². The molecule has 0 aromatic carbocycles. The van der Waals surface area contributed by atoms with Gasteiger partial charge in [0, 0.05) is 33.2 Å². The molecule has 1 unspecified atom stereocenters. The molecule has 8 nitrogen and oxygen atoms in total. The van der Waals surface area contributed by atoms with Crippen molar-refractivity contribution in [1.82, 2.24) is 14.5 Å². The number of carboxylic acid groups (broad SMARTS) is 1. The quantitative estimate of drug-likeness (QED) is 0.645. The van der Waals surface area contributed by atoms with Crippen molar-refractivity contribution in [2.24, 2.45) is 5.92 Å². The summed E-state index contributed by atoms with van der Waals surface area (Å²) in [6.07, 6.45) is 1.79. The molecule has 128 valence electrons. The van der Waals surface area contributed by atoms with Crippen molar-refractivity contribution in [2.75, 3.05) is 39.0 Å². The van der Waals surface area contributed by atoms with E-state index in [-0.39, 0.29) is 18.3 Å². The Labute approximate surface area is 131 Å². The van der Waals surface area contributed by atoms with Crippen LogP contribution in [0.25, 0.3) is 0 Å². The minimum absolute atomic E-state index is 0.0558. The van der Waals surface area contributed by atoms with Crippen LogP contribution < -0.4 is 5.32 Å². The van der Waals surface area contributed by atoms with Gasteiger partial charge in [-0.05, 0) is 26.2 Å². The predicted molar refractivity (Wildman–Crippen MR) is 82.0 cm³/mol. The molecule has 1 fully saturated rings. The molecule has 1 rings (SSSR count). The largest absolute Gasteiger partial charge is 0.481 e. The predicted octanol–water partition coefficient (Wildman–Crippen LogP) is 0.164. The number of likely N-dealkylation sites (tertiary alicyclic amines) is 1. The average Bonchev–Trinajstić information content (AvgIpc) is 2.51. The maximum absolute atomic E-state index is 12.0. The molecule has 2 amide bonds. The first-order valence-electron chi connectivity index (χ1n) is 7.47. The van der Waals surface area contributed by atoms with Gasteiger partial charge in [-0.3, -0.25) is 4.79 Å². The number of amides is 2. The van der Waals surface area contributed by atoms with Gasteiger partial charge < -0.3 is 15.3 Å². The number of hydrogen-bond donors (Lipinski definition) is 2. The fourth-order valence-corrected chi connectivity index (χ4v) is 3.18. The topological polar surface area (TPSA) is 107 Å². The third-order valence-electron chi connectivity index (χ3n) is 3.82. The fourth-order valence-electron chi connectivity index (χ4n) is 2.33. The second kappa shape index (κ2) is 8.33. The molecule has 0 spiro atoms. The molecule has 2 N–H and O–H groups in total. The van der Waals surface area contributed by atoms with Gasteiger partial charge in [0.2, 0.25) is 10.0 Å². The van der Waals surface area contributed by atoms with Crippen molar-refractivity contribution in [2.45, 2.75) is 26.2 Å². The minimum atomic E-state index is -3.19. The zero-order valence-corrected chi connectivity index (χ0v) is 13.9. The van der Waals surface area contributed by atoms with Gasteiger partial charge in [-0.1, -0.05) is 0 Å². The first-order chi connectivity index (χ1) is 10.3. The minimum Gasteiger partial charge on any atom is -0.481 e. The van der Waals surface area contributed by atoms with Crippen LogP contribution in [0.4, 0.5) is 4.79 Å². The Balaban J connectivity index is 2.30. The van der Waals surface area contributed by atoms with Crippen LogP contribution in [0.1, 0.15) is 26.2 Å². The number of urea groups is 1. The normalized spacial score (nSPS) is 19.2. The molecule has 22 heavy (non-hydrogen) atoms. The third-order valence-corrected chi connectivity index (χ3v) is 5.69. The van der Waals surface area contributed by atoms with E-state index in [4.69, 9.17) is 5.11 Å². The van der Waals surface area contributed by atoms with Crippen LogP contribution >= 0.6 is 0 Å². The summed E-state index contributed by atoms with van der Waals surface area (Å²) < 4.78 is 24.4. The Morgan fingerprint density at radius 1 is 1.41 bits per heavy atom. The van der Waals surface area contributed by atoms with Crippen LogP contribution in [-0.2, 0) is 14.8 Å². The monoisotopic (exact) mass is 335 g/mol. The van der Waals surface area contributed by atoms with Crippen molar-refractivity contribution in [3.8, 4) is 0 Å². The number of nitrogens with zero attached hydrogens (tertiary/aromatic N) is 2. The van der Waals surface area contributed by atoms with Gasteiger partial charge in [0.05, 0.1) is 11.7 Å². The molecule has 0 aliphatic carbocycles. The summed E-state index contributed by atoms with van der Waals surface area (Å²) in [6, 6.07) is -0.285. The van der Waals surface area contributed by atoms with Gasteiger partial charge in [0.25, 0.3) is 0 Å². The van der Waals surface area contributed by atoms with Crippen molar-refractivity contribution in [3.63, 3.8) is 0 Å². The van der Waals surface area contributed by atoms with E-state index in [2.05, 4.69) is 5.32 Å². The fraction of sp³-hybridized carbons (Fsp3) is 0.846. The zero-order valence-electron chi connectivity index (χ0n) is 13.1. The van der Waals surface area contributed by atoms with E-state index in [1.807, 2.05) is 0 Å². The molecule has 0 aromatic heterocycles. The molecule has 1 atom stereocenters. The first kappa shape index (κ1) is 18.7. The number of rotatable bonds is 7. The van der Waals surface area contributed by atoms with E-state index in [1.54, 1.807) is 6.92 Å². The van der Waals surface area contributed by atoms with Crippen molar-refractivity contribution < 1.29 is 23.1 Å². The molecule has 0 aromatic rings. The van der Waals surface area contributed by atoms with Gasteiger partial charge in [0.15, 0.2) is 0 Å².